The molecule has 0 atom stereocenters. The van der Waals surface area contributed by atoms with Crippen molar-refractivity contribution in [2.24, 2.45) is 5.73 Å². The molecule has 0 bridgehead atoms. The van der Waals surface area contributed by atoms with Crippen LogP contribution in [0.4, 0.5) is 0 Å². The minimum atomic E-state index is -0.856. The predicted molar refractivity (Wildman–Crippen MR) is 90.9 cm³/mol. The molecule has 2 aromatic rings. The van der Waals surface area contributed by atoms with E-state index < -0.39 is 29.4 Å². The Hall–Kier alpha value is -3.81. The summed E-state index contributed by atoms with van der Waals surface area (Å²) in [5, 5.41) is 0. The number of primary amides is 1. The monoisotopic (exact) mass is 367 g/mol. The zero-order chi connectivity index (χ0) is 19.9. The quantitative estimate of drug-likeness (QED) is 0.547. The number of rotatable bonds is 3. The molecule has 0 fully saturated rings. The van der Waals surface area contributed by atoms with Gasteiger partial charge < -0.3 is 15.2 Å². The maximum absolute atomic E-state index is 13.1. The number of nitrogens with two attached hydrogens (primary N) is 1. The molecule has 1 aliphatic carbocycles. The third-order valence-corrected chi connectivity index (χ3v) is 3.86. The Balaban J connectivity index is 2.31. The SMILES string of the molecule is CC(=O)Oc1cccc2c1C(=O)c1c(OC(C)=O)cc(C(N)=O)cc1C2=O. The Labute approximate surface area is 152 Å². The summed E-state index contributed by atoms with van der Waals surface area (Å²) in [5.41, 5.74) is 4.73. The van der Waals surface area contributed by atoms with E-state index in [1.807, 2.05) is 0 Å². The molecule has 2 aromatic carbocycles. The van der Waals surface area contributed by atoms with Crippen molar-refractivity contribution in [3.05, 3.63) is 58.1 Å². The molecule has 0 saturated heterocycles. The summed E-state index contributed by atoms with van der Waals surface area (Å²) >= 11 is 0. The van der Waals surface area contributed by atoms with Crippen molar-refractivity contribution in [2.45, 2.75) is 13.8 Å². The van der Waals surface area contributed by atoms with E-state index >= 15 is 0 Å². The lowest BCUT2D eigenvalue weighted by molar-refractivity contribution is -0.132. The van der Waals surface area contributed by atoms with Gasteiger partial charge in [0.15, 0.2) is 5.78 Å². The van der Waals surface area contributed by atoms with Crippen molar-refractivity contribution >= 4 is 29.4 Å². The molecule has 2 N–H and O–H groups in total. The molecule has 27 heavy (non-hydrogen) atoms. The van der Waals surface area contributed by atoms with Crippen molar-refractivity contribution in [1.82, 2.24) is 0 Å². The van der Waals surface area contributed by atoms with Gasteiger partial charge in [0.1, 0.15) is 11.5 Å². The number of carbonyl (C=O) groups is 5. The van der Waals surface area contributed by atoms with Crippen molar-refractivity contribution in [3.8, 4) is 11.5 Å². The lowest BCUT2D eigenvalue weighted by Gasteiger charge is -2.22. The molecule has 136 valence electrons. The van der Waals surface area contributed by atoms with Crippen LogP contribution >= 0.6 is 0 Å². The van der Waals surface area contributed by atoms with Gasteiger partial charge in [-0.25, -0.2) is 0 Å². The first-order valence-corrected chi connectivity index (χ1v) is 7.77. The fourth-order valence-corrected chi connectivity index (χ4v) is 2.87. The summed E-state index contributed by atoms with van der Waals surface area (Å²) < 4.78 is 10.1. The normalized spacial score (nSPS) is 12.1. The smallest absolute Gasteiger partial charge is 0.308 e. The number of benzene rings is 2. The van der Waals surface area contributed by atoms with Crippen LogP contribution in [0.5, 0.6) is 11.5 Å². The number of esters is 2. The molecule has 8 heteroatoms. The Morgan fingerprint density at radius 2 is 1.41 bits per heavy atom. The maximum atomic E-state index is 13.1. The largest absolute Gasteiger partial charge is 0.426 e. The number of fused-ring (bicyclic) bond motifs is 2. The molecule has 0 aromatic heterocycles. The molecule has 1 aliphatic rings. The zero-order valence-electron chi connectivity index (χ0n) is 14.3. The average molecular weight is 367 g/mol. The van der Waals surface area contributed by atoms with Crippen LogP contribution in [0.25, 0.3) is 0 Å². The first-order valence-electron chi connectivity index (χ1n) is 7.77. The third kappa shape index (κ3) is 3.08. The number of hydrogen-bond acceptors (Lipinski definition) is 7. The summed E-state index contributed by atoms with van der Waals surface area (Å²) in [5.74, 6) is -3.90. The van der Waals surface area contributed by atoms with Gasteiger partial charge in [-0.15, -0.1) is 0 Å². The molecule has 0 saturated carbocycles. The van der Waals surface area contributed by atoms with Crippen molar-refractivity contribution < 1.29 is 33.4 Å². The minimum absolute atomic E-state index is 0.00152. The summed E-state index contributed by atoms with van der Waals surface area (Å²) in [6, 6.07) is 6.52. The van der Waals surface area contributed by atoms with Gasteiger partial charge in [0.05, 0.1) is 11.1 Å². The number of hydrogen-bond donors (Lipinski definition) is 1. The van der Waals surface area contributed by atoms with Crippen LogP contribution in [0.3, 0.4) is 0 Å². The molecular formula is C19H13NO7. The Morgan fingerprint density at radius 1 is 0.815 bits per heavy atom. The fourth-order valence-electron chi connectivity index (χ4n) is 2.87. The first kappa shape index (κ1) is 18.0. The summed E-state index contributed by atoms with van der Waals surface area (Å²) in [7, 11) is 0. The second kappa shape index (κ2) is 6.49. The molecule has 1 amide bonds. The molecule has 8 nitrogen and oxygen atoms in total. The van der Waals surface area contributed by atoms with Crippen molar-refractivity contribution in [2.75, 3.05) is 0 Å². The zero-order valence-corrected chi connectivity index (χ0v) is 14.3. The molecular weight excluding hydrogens is 354 g/mol. The highest BCUT2D eigenvalue weighted by Crippen LogP contribution is 2.38. The highest BCUT2D eigenvalue weighted by atomic mass is 16.5. The molecule has 0 radical (unpaired) electrons. The second-order valence-corrected chi connectivity index (χ2v) is 5.79. The highest BCUT2D eigenvalue weighted by molar-refractivity contribution is 6.30. The van der Waals surface area contributed by atoms with Gasteiger partial charge in [0.2, 0.25) is 11.7 Å². The molecule has 3 rings (SSSR count). The second-order valence-electron chi connectivity index (χ2n) is 5.79. The van der Waals surface area contributed by atoms with Gasteiger partial charge in [-0.05, 0) is 18.2 Å². The van der Waals surface area contributed by atoms with E-state index in [0.717, 1.165) is 19.9 Å². The molecule has 0 aliphatic heterocycles. The molecule has 0 spiro atoms. The van der Waals surface area contributed by atoms with Crippen LogP contribution < -0.4 is 15.2 Å². The van der Waals surface area contributed by atoms with Crippen LogP contribution in [-0.2, 0) is 9.59 Å². The van der Waals surface area contributed by atoms with E-state index in [4.69, 9.17) is 15.2 Å². The van der Waals surface area contributed by atoms with Gasteiger partial charge in [0.25, 0.3) is 0 Å². The van der Waals surface area contributed by atoms with Gasteiger partial charge in [-0.2, -0.15) is 0 Å². The Bertz CT molecular complexity index is 1050. The van der Waals surface area contributed by atoms with E-state index in [1.165, 1.54) is 24.3 Å². The Kier molecular flexibility index (Phi) is 4.32. The van der Waals surface area contributed by atoms with Crippen LogP contribution in [0.15, 0.2) is 30.3 Å². The van der Waals surface area contributed by atoms with Crippen molar-refractivity contribution in [1.29, 1.82) is 0 Å². The lowest BCUT2D eigenvalue weighted by atomic mass is 9.82. The highest BCUT2D eigenvalue weighted by Gasteiger charge is 2.36. The van der Waals surface area contributed by atoms with Gasteiger partial charge >= 0.3 is 11.9 Å². The van der Waals surface area contributed by atoms with Crippen LogP contribution in [0.1, 0.15) is 56.0 Å². The summed E-state index contributed by atoms with van der Waals surface area (Å²) in [6.45, 7) is 2.27. The number of amides is 1. The van der Waals surface area contributed by atoms with E-state index in [-0.39, 0.29) is 39.3 Å². The van der Waals surface area contributed by atoms with Gasteiger partial charge in [-0.1, -0.05) is 12.1 Å². The third-order valence-electron chi connectivity index (χ3n) is 3.86. The van der Waals surface area contributed by atoms with E-state index in [0.29, 0.717) is 0 Å². The van der Waals surface area contributed by atoms with Gasteiger partial charge in [0, 0.05) is 30.5 Å². The number of ether oxygens (including phenoxy) is 2. The van der Waals surface area contributed by atoms with Crippen LogP contribution in [0.2, 0.25) is 0 Å². The summed E-state index contributed by atoms with van der Waals surface area (Å²) in [6.07, 6.45) is 0. The predicted octanol–water partition coefficient (Wildman–Crippen LogP) is 1.41. The van der Waals surface area contributed by atoms with Crippen LogP contribution in [-0.4, -0.2) is 29.4 Å². The lowest BCUT2D eigenvalue weighted by Crippen LogP contribution is -2.25. The summed E-state index contributed by atoms with van der Waals surface area (Å²) in [4.78, 5) is 60.3. The van der Waals surface area contributed by atoms with E-state index in [9.17, 15) is 24.0 Å². The van der Waals surface area contributed by atoms with Gasteiger partial charge in [-0.3, -0.25) is 24.0 Å². The van der Waals surface area contributed by atoms with E-state index in [1.54, 1.807) is 0 Å². The minimum Gasteiger partial charge on any atom is -0.426 e. The number of carbonyl (C=O) groups excluding carboxylic acids is 5. The van der Waals surface area contributed by atoms with Crippen LogP contribution in [0, 0.1) is 0 Å². The Morgan fingerprint density at radius 3 is 2.00 bits per heavy atom. The first-order chi connectivity index (χ1) is 12.7. The standard InChI is InChI=1S/C19H13NO7/c1-8(21)26-13-5-3-4-11-15(13)18(24)16-12(17(11)23)6-10(19(20)25)7-14(16)27-9(2)22/h3-7H,1-2H3,(H2,20,25). The average Bonchev–Trinajstić information content (AvgIpc) is 2.57. The number of ketones is 2. The fraction of sp³-hybridized carbons (Fsp3) is 0.105. The maximum Gasteiger partial charge on any atom is 0.308 e. The van der Waals surface area contributed by atoms with E-state index in [2.05, 4.69) is 0 Å². The van der Waals surface area contributed by atoms with Crippen molar-refractivity contribution in [3.63, 3.8) is 0 Å². The molecule has 0 heterocycles. The molecule has 0 unspecified atom stereocenters. The topological polar surface area (TPSA) is 130 Å².